The van der Waals surface area contributed by atoms with E-state index < -0.39 is 4.92 Å². The molecule has 1 amide bonds. The third-order valence-electron chi connectivity index (χ3n) is 6.02. The number of anilines is 2. The third kappa shape index (κ3) is 5.19. The maximum atomic E-state index is 13.0. The number of carbonyl (C=O) groups excluding carboxylic acids is 1. The molecule has 4 aromatic rings. The van der Waals surface area contributed by atoms with E-state index in [0.29, 0.717) is 24.5 Å². The highest BCUT2D eigenvalue weighted by molar-refractivity contribution is 6.01. The summed E-state index contributed by atoms with van der Waals surface area (Å²) in [7, 11) is 0. The van der Waals surface area contributed by atoms with Crippen LogP contribution < -0.4 is 16.4 Å². The number of amides is 1. The minimum Gasteiger partial charge on any atom is -0.378 e. The van der Waals surface area contributed by atoms with Gasteiger partial charge in [-0.05, 0) is 43.0 Å². The van der Waals surface area contributed by atoms with Crippen LogP contribution in [-0.2, 0) is 6.54 Å². The van der Waals surface area contributed by atoms with Gasteiger partial charge in [-0.2, -0.15) is 0 Å². The fraction of sp³-hybridized carbons (Fsp3) is 0.240. The summed E-state index contributed by atoms with van der Waals surface area (Å²) < 4.78 is 3.94. The highest BCUT2D eigenvalue weighted by atomic mass is 16.6. The highest BCUT2D eigenvalue weighted by Crippen LogP contribution is 2.28. The van der Waals surface area contributed by atoms with Crippen LogP contribution in [0.4, 0.5) is 17.3 Å². The first kappa shape index (κ1) is 23.1. The topological polar surface area (TPSA) is 146 Å². The molecule has 0 radical (unpaired) electrons. The number of aryl methyl sites for hydroxylation is 1. The van der Waals surface area contributed by atoms with Crippen molar-refractivity contribution in [2.24, 2.45) is 0 Å². The summed E-state index contributed by atoms with van der Waals surface area (Å²) in [6.45, 7) is 1.26. The van der Waals surface area contributed by atoms with Gasteiger partial charge in [-0.3, -0.25) is 14.9 Å². The van der Waals surface area contributed by atoms with Gasteiger partial charge in [0.15, 0.2) is 0 Å². The quantitative estimate of drug-likeness (QED) is 0.176. The SMILES string of the molecule is Nc1nc(NCCCn2cc(C(=O)NC3CC3)c(-c3ccc(-n4ccnc4)cc3)c2)ccc1[N+](=O)[O-]. The van der Waals surface area contributed by atoms with Crippen LogP contribution in [0.1, 0.15) is 29.6 Å². The molecule has 184 valence electrons. The number of benzene rings is 1. The van der Waals surface area contributed by atoms with Crippen molar-refractivity contribution in [1.82, 2.24) is 24.4 Å². The van der Waals surface area contributed by atoms with Gasteiger partial charge in [0.2, 0.25) is 5.82 Å². The van der Waals surface area contributed by atoms with E-state index in [9.17, 15) is 14.9 Å². The van der Waals surface area contributed by atoms with E-state index >= 15 is 0 Å². The number of aromatic nitrogens is 4. The average Bonchev–Trinajstić information content (AvgIpc) is 3.33. The zero-order valence-corrected chi connectivity index (χ0v) is 19.5. The van der Waals surface area contributed by atoms with E-state index in [1.165, 1.54) is 12.1 Å². The fourth-order valence-electron chi connectivity index (χ4n) is 3.96. The van der Waals surface area contributed by atoms with Gasteiger partial charge in [0.05, 0.1) is 16.8 Å². The number of hydrogen-bond acceptors (Lipinski definition) is 7. The molecule has 1 fully saturated rings. The molecule has 1 aliphatic rings. The Morgan fingerprint density at radius 1 is 1.17 bits per heavy atom. The van der Waals surface area contributed by atoms with Gasteiger partial charge in [-0.1, -0.05) is 12.1 Å². The Morgan fingerprint density at radius 2 is 1.97 bits per heavy atom. The van der Waals surface area contributed by atoms with Crippen LogP contribution in [0.2, 0.25) is 0 Å². The third-order valence-corrected chi connectivity index (χ3v) is 6.02. The number of carbonyl (C=O) groups is 1. The molecule has 3 heterocycles. The zero-order valence-electron chi connectivity index (χ0n) is 19.5. The first-order valence-corrected chi connectivity index (χ1v) is 11.7. The van der Waals surface area contributed by atoms with Crippen molar-refractivity contribution in [3.05, 3.63) is 83.2 Å². The number of nitrogens with zero attached hydrogens (tertiary/aromatic N) is 5. The molecule has 5 rings (SSSR count). The number of nitrogens with one attached hydrogen (secondary N) is 2. The van der Waals surface area contributed by atoms with E-state index in [1.807, 2.05) is 52.0 Å². The highest BCUT2D eigenvalue weighted by Gasteiger charge is 2.26. The summed E-state index contributed by atoms with van der Waals surface area (Å²) in [6, 6.07) is 11.2. The van der Waals surface area contributed by atoms with Crippen molar-refractivity contribution in [1.29, 1.82) is 0 Å². The van der Waals surface area contributed by atoms with Crippen LogP contribution in [0.5, 0.6) is 0 Å². The minimum absolute atomic E-state index is 0.0615. The normalized spacial score (nSPS) is 12.9. The van der Waals surface area contributed by atoms with Gasteiger partial charge in [0, 0.05) is 61.2 Å². The van der Waals surface area contributed by atoms with Gasteiger partial charge in [-0.25, -0.2) is 9.97 Å². The smallest absolute Gasteiger partial charge is 0.311 e. The molecule has 11 nitrogen and oxygen atoms in total. The Hall–Kier alpha value is -4.67. The van der Waals surface area contributed by atoms with Crippen LogP contribution in [0.3, 0.4) is 0 Å². The number of imidazole rings is 1. The monoisotopic (exact) mass is 486 g/mol. The largest absolute Gasteiger partial charge is 0.378 e. The minimum atomic E-state index is -0.558. The summed E-state index contributed by atoms with van der Waals surface area (Å²) in [5, 5.41) is 17.1. The lowest BCUT2D eigenvalue weighted by molar-refractivity contribution is -0.384. The number of pyridine rings is 1. The van der Waals surface area contributed by atoms with Crippen LogP contribution in [0.15, 0.2) is 67.5 Å². The van der Waals surface area contributed by atoms with E-state index in [1.54, 1.807) is 12.5 Å². The Balaban J connectivity index is 1.27. The van der Waals surface area contributed by atoms with Crippen LogP contribution in [0, 0.1) is 10.1 Å². The zero-order chi connectivity index (χ0) is 25.1. The lowest BCUT2D eigenvalue weighted by Gasteiger charge is -2.07. The molecular formula is C25H26N8O3. The summed E-state index contributed by atoms with van der Waals surface area (Å²) in [5.41, 5.74) is 8.92. The van der Waals surface area contributed by atoms with Crippen molar-refractivity contribution < 1.29 is 9.72 Å². The Bertz CT molecular complexity index is 1380. The molecule has 0 bridgehead atoms. The maximum Gasteiger partial charge on any atom is 0.311 e. The predicted molar refractivity (Wildman–Crippen MR) is 136 cm³/mol. The van der Waals surface area contributed by atoms with Crippen LogP contribution >= 0.6 is 0 Å². The van der Waals surface area contributed by atoms with E-state index in [2.05, 4.69) is 20.6 Å². The summed E-state index contributed by atoms with van der Waals surface area (Å²) >= 11 is 0. The van der Waals surface area contributed by atoms with E-state index in [4.69, 9.17) is 5.73 Å². The van der Waals surface area contributed by atoms with Gasteiger partial charge in [0.1, 0.15) is 5.82 Å². The molecule has 11 heteroatoms. The molecule has 1 aliphatic carbocycles. The lowest BCUT2D eigenvalue weighted by atomic mass is 10.0. The lowest BCUT2D eigenvalue weighted by Crippen LogP contribution is -2.25. The van der Waals surface area contributed by atoms with Crippen molar-refractivity contribution >= 4 is 23.2 Å². The molecule has 1 saturated carbocycles. The Morgan fingerprint density at radius 3 is 2.64 bits per heavy atom. The number of nitro groups is 1. The molecule has 1 aromatic carbocycles. The predicted octanol–water partition coefficient (Wildman–Crippen LogP) is 3.62. The Kier molecular flexibility index (Phi) is 6.35. The summed E-state index contributed by atoms with van der Waals surface area (Å²) in [6.07, 6.45) is 12.0. The van der Waals surface area contributed by atoms with Gasteiger partial charge < -0.3 is 25.5 Å². The number of nitrogen functional groups attached to an aromatic ring is 1. The van der Waals surface area contributed by atoms with Gasteiger partial charge in [0.25, 0.3) is 5.91 Å². The molecule has 0 spiro atoms. The average molecular weight is 487 g/mol. The van der Waals surface area contributed by atoms with Crippen molar-refractivity contribution in [2.75, 3.05) is 17.6 Å². The molecule has 0 atom stereocenters. The molecule has 0 unspecified atom stereocenters. The molecular weight excluding hydrogens is 460 g/mol. The van der Waals surface area contributed by atoms with E-state index in [-0.39, 0.29) is 23.5 Å². The molecule has 3 aromatic heterocycles. The number of hydrogen-bond donors (Lipinski definition) is 3. The second-order valence-electron chi connectivity index (χ2n) is 8.73. The second kappa shape index (κ2) is 9.90. The molecule has 4 N–H and O–H groups in total. The first-order valence-electron chi connectivity index (χ1n) is 11.7. The maximum absolute atomic E-state index is 13.0. The number of nitrogens with two attached hydrogens (primary N) is 1. The second-order valence-corrected chi connectivity index (χ2v) is 8.73. The fourth-order valence-corrected chi connectivity index (χ4v) is 3.96. The van der Waals surface area contributed by atoms with Crippen molar-refractivity contribution in [2.45, 2.75) is 31.8 Å². The Labute approximate surface area is 207 Å². The summed E-state index contributed by atoms with van der Waals surface area (Å²) in [4.78, 5) is 31.4. The first-order chi connectivity index (χ1) is 17.5. The van der Waals surface area contributed by atoms with Crippen molar-refractivity contribution in [3.63, 3.8) is 0 Å². The standard InChI is InChI=1S/C25H26N8O3/c26-24-22(33(35)36)8-9-23(30-24)28-10-1-12-31-14-20(21(15-31)25(34)29-18-4-5-18)17-2-6-19(7-3-17)32-13-11-27-16-32/h2-3,6-9,11,13-16,18H,1,4-5,10,12H2,(H,29,34)(H3,26,28,30). The van der Waals surface area contributed by atoms with Gasteiger partial charge >= 0.3 is 5.69 Å². The summed E-state index contributed by atoms with van der Waals surface area (Å²) in [5.74, 6) is 0.299. The number of rotatable bonds is 10. The van der Waals surface area contributed by atoms with Crippen LogP contribution in [0.25, 0.3) is 16.8 Å². The van der Waals surface area contributed by atoms with Crippen LogP contribution in [-0.4, -0.2) is 42.5 Å². The molecule has 0 saturated heterocycles. The molecule has 36 heavy (non-hydrogen) atoms. The van der Waals surface area contributed by atoms with E-state index in [0.717, 1.165) is 36.1 Å². The molecule has 0 aliphatic heterocycles. The van der Waals surface area contributed by atoms with Gasteiger partial charge in [-0.15, -0.1) is 0 Å². The van der Waals surface area contributed by atoms with Crippen molar-refractivity contribution in [3.8, 4) is 16.8 Å².